The van der Waals surface area contributed by atoms with Crippen molar-refractivity contribution in [1.29, 1.82) is 0 Å². The van der Waals surface area contributed by atoms with E-state index in [2.05, 4.69) is 37.7 Å². The van der Waals surface area contributed by atoms with Crippen molar-refractivity contribution in [1.82, 2.24) is 30.3 Å². The number of aromatic nitrogens is 5. The van der Waals surface area contributed by atoms with Crippen molar-refractivity contribution in [3.63, 3.8) is 0 Å². The topological polar surface area (TPSA) is 84.6 Å². The molecular weight excluding hydrogens is 328 g/mol. The summed E-state index contributed by atoms with van der Waals surface area (Å²) in [4.78, 5) is 4.47. The highest BCUT2D eigenvalue weighted by molar-refractivity contribution is 5.82. The predicted molar refractivity (Wildman–Crippen MR) is 97.5 cm³/mol. The molecule has 0 unspecified atom stereocenters. The molecule has 4 heterocycles. The summed E-state index contributed by atoms with van der Waals surface area (Å²) in [7, 11) is 0. The minimum absolute atomic E-state index is 0.377. The van der Waals surface area contributed by atoms with Crippen LogP contribution in [0.3, 0.4) is 0 Å². The zero-order chi connectivity index (χ0) is 17.5. The standard InChI is InChI=1S/C19H20N6O/c1-12-22-18-7-6-15(11-25(18)24-12)20-9-14-10-21-23-19(14)17-8-13-4-2-3-5-16(13)26-17/h2-5,8,10,15,20H,6-7,9,11H2,1H3,(H,21,23)/t15-/m1/s1. The Labute approximate surface area is 150 Å². The number of aromatic amines is 1. The van der Waals surface area contributed by atoms with Gasteiger partial charge in [0, 0.05) is 30.0 Å². The zero-order valence-corrected chi connectivity index (χ0v) is 14.6. The van der Waals surface area contributed by atoms with E-state index in [1.54, 1.807) is 0 Å². The van der Waals surface area contributed by atoms with E-state index in [1.807, 2.05) is 36.0 Å². The van der Waals surface area contributed by atoms with Crippen LogP contribution in [0.5, 0.6) is 0 Å². The average Bonchev–Trinajstić information content (AvgIpc) is 3.35. The third-order valence-electron chi connectivity index (χ3n) is 4.93. The van der Waals surface area contributed by atoms with Gasteiger partial charge in [0.05, 0.1) is 12.7 Å². The number of rotatable bonds is 4. The van der Waals surface area contributed by atoms with Crippen LogP contribution in [0.1, 0.15) is 23.6 Å². The molecule has 5 rings (SSSR count). The van der Waals surface area contributed by atoms with Gasteiger partial charge in [-0.1, -0.05) is 18.2 Å². The van der Waals surface area contributed by atoms with Gasteiger partial charge in [0.15, 0.2) is 5.76 Å². The Balaban J connectivity index is 1.32. The molecule has 0 aliphatic carbocycles. The van der Waals surface area contributed by atoms with Crippen molar-refractivity contribution >= 4 is 11.0 Å². The van der Waals surface area contributed by atoms with Crippen LogP contribution in [0.4, 0.5) is 0 Å². The van der Waals surface area contributed by atoms with Crippen LogP contribution >= 0.6 is 0 Å². The SMILES string of the molecule is Cc1nc2n(n1)C[C@H](NCc1cn[nH]c1-c1cc3ccccc3o1)CC2. The molecule has 1 aliphatic rings. The second-order valence-corrected chi connectivity index (χ2v) is 6.79. The van der Waals surface area contributed by atoms with Gasteiger partial charge in [-0.3, -0.25) is 5.10 Å². The van der Waals surface area contributed by atoms with Crippen LogP contribution < -0.4 is 5.32 Å². The Kier molecular flexibility index (Phi) is 3.60. The molecule has 2 N–H and O–H groups in total. The summed E-state index contributed by atoms with van der Waals surface area (Å²) in [6.45, 7) is 3.53. The van der Waals surface area contributed by atoms with E-state index in [4.69, 9.17) is 4.42 Å². The molecule has 0 amide bonds. The summed E-state index contributed by atoms with van der Waals surface area (Å²) in [6.07, 6.45) is 3.89. The van der Waals surface area contributed by atoms with Gasteiger partial charge in [-0.15, -0.1) is 0 Å². The first-order chi connectivity index (χ1) is 12.8. The van der Waals surface area contributed by atoms with Gasteiger partial charge in [0.2, 0.25) is 0 Å². The lowest BCUT2D eigenvalue weighted by Crippen LogP contribution is -2.37. The van der Waals surface area contributed by atoms with E-state index >= 15 is 0 Å². The van der Waals surface area contributed by atoms with Gasteiger partial charge in [0.25, 0.3) is 0 Å². The Morgan fingerprint density at radius 2 is 2.27 bits per heavy atom. The van der Waals surface area contributed by atoms with Crippen molar-refractivity contribution < 1.29 is 4.42 Å². The van der Waals surface area contributed by atoms with Crippen molar-refractivity contribution in [2.75, 3.05) is 0 Å². The minimum Gasteiger partial charge on any atom is -0.454 e. The number of hydrogen-bond acceptors (Lipinski definition) is 5. The molecule has 3 aromatic heterocycles. The Morgan fingerprint density at radius 3 is 3.19 bits per heavy atom. The number of fused-ring (bicyclic) bond motifs is 2. The van der Waals surface area contributed by atoms with Crippen molar-refractivity contribution in [2.45, 2.75) is 38.9 Å². The number of benzene rings is 1. The Bertz CT molecular complexity index is 1030. The summed E-state index contributed by atoms with van der Waals surface area (Å²) >= 11 is 0. The lowest BCUT2D eigenvalue weighted by atomic mass is 10.1. The lowest BCUT2D eigenvalue weighted by Gasteiger charge is -2.23. The lowest BCUT2D eigenvalue weighted by molar-refractivity contribution is 0.358. The Hall–Kier alpha value is -2.93. The predicted octanol–water partition coefficient (Wildman–Crippen LogP) is 2.83. The number of para-hydroxylation sites is 1. The smallest absolute Gasteiger partial charge is 0.153 e. The van der Waals surface area contributed by atoms with Gasteiger partial charge in [0.1, 0.15) is 22.9 Å². The maximum absolute atomic E-state index is 5.97. The van der Waals surface area contributed by atoms with Crippen LogP contribution in [0, 0.1) is 6.92 Å². The molecule has 7 heteroatoms. The highest BCUT2D eigenvalue weighted by atomic mass is 16.3. The molecule has 4 aromatic rings. The summed E-state index contributed by atoms with van der Waals surface area (Å²) < 4.78 is 7.99. The second-order valence-electron chi connectivity index (χ2n) is 6.79. The number of hydrogen-bond donors (Lipinski definition) is 2. The van der Waals surface area contributed by atoms with Gasteiger partial charge >= 0.3 is 0 Å². The number of furan rings is 1. The fourth-order valence-electron chi connectivity index (χ4n) is 3.62. The summed E-state index contributed by atoms with van der Waals surface area (Å²) in [5.41, 5.74) is 2.92. The first kappa shape index (κ1) is 15.3. The van der Waals surface area contributed by atoms with Crippen LogP contribution in [-0.2, 0) is 19.5 Å². The number of aryl methyl sites for hydroxylation is 2. The first-order valence-electron chi connectivity index (χ1n) is 8.91. The van der Waals surface area contributed by atoms with Crippen LogP contribution in [-0.4, -0.2) is 31.0 Å². The van der Waals surface area contributed by atoms with E-state index < -0.39 is 0 Å². The molecule has 0 saturated carbocycles. The van der Waals surface area contributed by atoms with Crippen LogP contribution in [0.25, 0.3) is 22.4 Å². The van der Waals surface area contributed by atoms with Gasteiger partial charge in [-0.25, -0.2) is 9.67 Å². The average molecular weight is 348 g/mol. The fourth-order valence-corrected chi connectivity index (χ4v) is 3.62. The fraction of sp³-hybridized carbons (Fsp3) is 0.316. The van der Waals surface area contributed by atoms with Crippen LogP contribution in [0.2, 0.25) is 0 Å². The number of nitrogens with one attached hydrogen (secondary N) is 2. The molecule has 1 atom stereocenters. The zero-order valence-electron chi connectivity index (χ0n) is 14.6. The molecule has 26 heavy (non-hydrogen) atoms. The number of nitrogens with zero attached hydrogens (tertiary/aromatic N) is 4. The first-order valence-corrected chi connectivity index (χ1v) is 8.91. The van der Waals surface area contributed by atoms with Crippen molar-refractivity contribution in [3.8, 4) is 11.5 Å². The molecule has 0 spiro atoms. The number of H-pyrrole nitrogens is 1. The Morgan fingerprint density at radius 1 is 1.35 bits per heavy atom. The highest BCUT2D eigenvalue weighted by Gasteiger charge is 2.21. The molecular formula is C19H20N6O. The molecule has 1 aliphatic heterocycles. The molecule has 0 bridgehead atoms. The quantitative estimate of drug-likeness (QED) is 0.592. The maximum atomic E-state index is 5.97. The van der Waals surface area contributed by atoms with Gasteiger partial charge in [-0.2, -0.15) is 10.2 Å². The molecule has 132 valence electrons. The van der Waals surface area contributed by atoms with Crippen molar-refractivity contribution in [3.05, 3.63) is 53.7 Å². The van der Waals surface area contributed by atoms with E-state index in [-0.39, 0.29) is 0 Å². The molecule has 1 aromatic carbocycles. The highest BCUT2D eigenvalue weighted by Crippen LogP contribution is 2.28. The second kappa shape index (κ2) is 6.10. The summed E-state index contributed by atoms with van der Waals surface area (Å²) in [6, 6.07) is 10.5. The van der Waals surface area contributed by atoms with E-state index in [0.29, 0.717) is 6.04 Å². The summed E-state index contributed by atoms with van der Waals surface area (Å²) in [5.74, 6) is 2.76. The normalized spacial score (nSPS) is 16.9. The summed E-state index contributed by atoms with van der Waals surface area (Å²) in [5, 5.41) is 16.5. The molecule has 7 nitrogen and oxygen atoms in total. The minimum atomic E-state index is 0.377. The third-order valence-corrected chi connectivity index (χ3v) is 4.93. The maximum Gasteiger partial charge on any atom is 0.153 e. The van der Waals surface area contributed by atoms with Crippen LogP contribution in [0.15, 0.2) is 40.9 Å². The van der Waals surface area contributed by atoms with E-state index in [9.17, 15) is 0 Å². The largest absolute Gasteiger partial charge is 0.454 e. The van der Waals surface area contributed by atoms with Crippen molar-refractivity contribution in [2.24, 2.45) is 0 Å². The van der Waals surface area contributed by atoms with Gasteiger partial charge < -0.3 is 9.73 Å². The van der Waals surface area contributed by atoms with E-state index in [0.717, 1.165) is 65.6 Å². The van der Waals surface area contributed by atoms with Gasteiger partial charge in [-0.05, 0) is 25.5 Å². The van der Waals surface area contributed by atoms with E-state index in [1.165, 1.54) is 0 Å². The molecule has 0 fully saturated rings. The third kappa shape index (κ3) is 2.70. The molecule has 0 radical (unpaired) electrons. The monoisotopic (exact) mass is 348 g/mol. The molecule has 0 saturated heterocycles.